The largest absolute Gasteiger partial charge is 0.333 e. The number of aromatic nitrogens is 2. The number of hydrogen-bond donors (Lipinski definition) is 1. The summed E-state index contributed by atoms with van der Waals surface area (Å²) in [5.74, 6) is 0. The summed E-state index contributed by atoms with van der Waals surface area (Å²) in [4.78, 5) is 7.33. The predicted molar refractivity (Wildman–Crippen MR) is 79.4 cm³/mol. The molecule has 0 bridgehead atoms. The first-order chi connectivity index (χ1) is 9.36. The van der Waals surface area contributed by atoms with Gasteiger partial charge in [-0.25, -0.2) is 4.98 Å². The molecule has 1 aliphatic rings. The van der Waals surface area contributed by atoms with E-state index in [1.165, 1.54) is 29.8 Å². The molecule has 0 unspecified atom stereocenters. The molecule has 1 aliphatic carbocycles. The van der Waals surface area contributed by atoms with Crippen LogP contribution in [0.1, 0.15) is 40.8 Å². The van der Waals surface area contributed by atoms with Crippen LogP contribution in [0, 0.1) is 0 Å². The van der Waals surface area contributed by atoms with Gasteiger partial charge in [0.05, 0.1) is 12.0 Å². The van der Waals surface area contributed by atoms with Crippen LogP contribution in [0.2, 0.25) is 0 Å². The Bertz CT molecular complexity index is 520. The fourth-order valence-electron chi connectivity index (χ4n) is 2.73. The molecule has 102 valence electrons. The van der Waals surface area contributed by atoms with Gasteiger partial charge in [-0.05, 0) is 37.3 Å². The lowest BCUT2D eigenvalue weighted by Crippen LogP contribution is -2.15. The molecule has 0 atom stereocenters. The number of thiophene rings is 1. The number of hydrogen-bond acceptors (Lipinski definition) is 3. The second-order valence-electron chi connectivity index (χ2n) is 5.20. The van der Waals surface area contributed by atoms with Crippen LogP contribution < -0.4 is 5.32 Å². The van der Waals surface area contributed by atoms with Crippen molar-refractivity contribution in [2.45, 2.75) is 52.2 Å². The van der Waals surface area contributed by atoms with Crippen LogP contribution in [0.25, 0.3) is 0 Å². The second kappa shape index (κ2) is 5.88. The summed E-state index contributed by atoms with van der Waals surface area (Å²) in [5, 5.41) is 3.54. The topological polar surface area (TPSA) is 29.9 Å². The second-order valence-corrected chi connectivity index (χ2v) is 6.42. The van der Waals surface area contributed by atoms with Gasteiger partial charge in [0.15, 0.2) is 0 Å². The Morgan fingerprint density at radius 3 is 3.16 bits per heavy atom. The van der Waals surface area contributed by atoms with Gasteiger partial charge in [0.2, 0.25) is 0 Å². The van der Waals surface area contributed by atoms with Crippen molar-refractivity contribution < 1.29 is 0 Å². The van der Waals surface area contributed by atoms with Gasteiger partial charge in [-0.15, -0.1) is 11.3 Å². The number of rotatable bonds is 6. The van der Waals surface area contributed by atoms with E-state index in [0.717, 1.165) is 26.1 Å². The van der Waals surface area contributed by atoms with E-state index in [0.29, 0.717) is 0 Å². The van der Waals surface area contributed by atoms with E-state index >= 15 is 0 Å². The summed E-state index contributed by atoms with van der Waals surface area (Å²) in [6.07, 6.45) is 8.99. The van der Waals surface area contributed by atoms with E-state index < -0.39 is 0 Å². The van der Waals surface area contributed by atoms with E-state index in [4.69, 9.17) is 0 Å². The molecular weight excluding hydrogens is 254 g/mol. The number of nitrogens with zero attached hydrogens (tertiary/aromatic N) is 2. The molecule has 0 aromatic carbocycles. The van der Waals surface area contributed by atoms with Gasteiger partial charge < -0.3 is 9.88 Å². The third-order valence-corrected chi connectivity index (χ3v) is 4.90. The Morgan fingerprint density at radius 1 is 1.37 bits per heavy atom. The van der Waals surface area contributed by atoms with Gasteiger partial charge >= 0.3 is 0 Å². The lowest BCUT2D eigenvalue weighted by Gasteiger charge is -2.07. The average molecular weight is 275 g/mol. The monoisotopic (exact) mass is 275 g/mol. The van der Waals surface area contributed by atoms with E-state index in [1.807, 2.05) is 23.9 Å². The van der Waals surface area contributed by atoms with Crippen molar-refractivity contribution in [1.82, 2.24) is 14.9 Å². The Balaban J connectivity index is 1.53. The average Bonchev–Trinajstić information content (AvgIpc) is 3.06. The fraction of sp³-hybridized carbons (Fsp3) is 0.533. The van der Waals surface area contributed by atoms with Crippen LogP contribution in [-0.2, 0) is 32.5 Å². The van der Waals surface area contributed by atoms with E-state index in [9.17, 15) is 0 Å². The molecule has 3 rings (SSSR count). The molecule has 0 saturated carbocycles. The zero-order valence-corrected chi connectivity index (χ0v) is 12.3. The highest BCUT2D eigenvalue weighted by molar-refractivity contribution is 7.12. The van der Waals surface area contributed by atoms with Gasteiger partial charge in [-0.1, -0.05) is 6.92 Å². The van der Waals surface area contributed by atoms with Gasteiger partial charge in [0.25, 0.3) is 0 Å². The lowest BCUT2D eigenvalue weighted by molar-refractivity contribution is 0.603. The maximum absolute atomic E-state index is 4.23. The van der Waals surface area contributed by atoms with Crippen LogP contribution in [0.4, 0.5) is 0 Å². The van der Waals surface area contributed by atoms with Crippen LogP contribution >= 0.6 is 11.3 Å². The number of aryl methyl sites for hydroxylation is 3. The van der Waals surface area contributed by atoms with Crippen molar-refractivity contribution >= 4 is 11.3 Å². The first-order valence-corrected chi connectivity index (χ1v) is 7.98. The van der Waals surface area contributed by atoms with Crippen molar-refractivity contribution in [2.24, 2.45) is 0 Å². The van der Waals surface area contributed by atoms with Gasteiger partial charge in [0, 0.05) is 35.6 Å². The van der Waals surface area contributed by atoms with E-state index in [2.05, 4.69) is 27.9 Å². The molecule has 0 saturated heterocycles. The zero-order chi connectivity index (χ0) is 13.1. The number of nitrogens with one attached hydrogen (secondary N) is 1. The molecule has 1 N–H and O–H groups in total. The van der Waals surface area contributed by atoms with Crippen LogP contribution in [-0.4, -0.2) is 9.55 Å². The standard InChI is InChI=1S/C15H21N3S/c1-2-6-18-11-17-9-13(18)8-16-10-14-7-12-4-3-5-15(12)19-14/h7,9,11,16H,2-6,8,10H2,1H3. The third-order valence-electron chi connectivity index (χ3n) is 3.67. The van der Waals surface area contributed by atoms with Crippen LogP contribution in [0.3, 0.4) is 0 Å². The molecule has 0 fully saturated rings. The summed E-state index contributed by atoms with van der Waals surface area (Å²) in [6.45, 7) is 5.15. The fourth-order valence-corrected chi connectivity index (χ4v) is 3.96. The molecule has 0 radical (unpaired) electrons. The minimum Gasteiger partial charge on any atom is -0.333 e. The van der Waals surface area contributed by atoms with Crippen molar-refractivity contribution in [3.63, 3.8) is 0 Å². The normalized spacial score (nSPS) is 13.9. The maximum Gasteiger partial charge on any atom is 0.0948 e. The maximum atomic E-state index is 4.23. The quantitative estimate of drug-likeness (QED) is 0.878. The van der Waals surface area contributed by atoms with Crippen molar-refractivity contribution in [3.8, 4) is 0 Å². The summed E-state index contributed by atoms with van der Waals surface area (Å²) < 4.78 is 2.24. The molecule has 0 spiro atoms. The van der Waals surface area contributed by atoms with Crippen molar-refractivity contribution in [2.75, 3.05) is 0 Å². The highest BCUT2D eigenvalue weighted by atomic mass is 32.1. The van der Waals surface area contributed by atoms with Crippen LogP contribution in [0.15, 0.2) is 18.6 Å². The first-order valence-electron chi connectivity index (χ1n) is 7.17. The summed E-state index contributed by atoms with van der Waals surface area (Å²) in [6, 6.07) is 2.39. The molecule has 2 aromatic heterocycles. The SMILES string of the molecule is CCCn1cncc1CNCc1cc2c(s1)CCC2. The van der Waals surface area contributed by atoms with Gasteiger partial charge in [-0.3, -0.25) is 0 Å². The predicted octanol–water partition coefficient (Wildman–Crippen LogP) is 3.13. The van der Waals surface area contributed by atoms with E-state index in [1.54, 1.807) is 10.4 Å². The molecule has 2 aromatic rings. The van der Waals surface area contributed by atoms with Crippen molar-refractivity contribution in [3.05, 3.63) is 39.6 Å². The minimum absolute atomic E-state index is 0.905. The Hall–Kier alpha value is -1.13. The Kier molecular flexibility index (Phi) is 3.99. The molecule has 2 heterocycles. The van der Waals surface area contributed by atoms with Gasteiger partial charge in [0.1, 0.15) is 0 Å². The molecule has 4 heteroatoms. The summed E-state index contributed by atoms with van der Waals surface area (Å²) in [7, 11) is 0. The summed E-state index contributed by atoms with van der Waals surface area (Å²) in [5.41, 5.74) is 2.88. The zero-order valence-electron chi connectivity index (χ0n) is 11.5. The molecule has 0 amide bonds. The molecule has 3 nitrogen and oxygen atoms in total. The lowest BCUT2D eigenvalue weighted by atomic mass is 10.2. The Morgan fingerprint density at radius 2 is 2.32 bits per heavy atom. The molecular formula is C15H21N3S. The van der Waals surface area contributed by atoms with Crippen LogP contribution in [0.5, 0.6) is 0 Å². The smallest absolute Gasteiger partial charge is 0.0948 e. The number of fused-ring (bicyclic) bond motifs is 1. The number of imidazole rings is 1. The molecule has 19 heavy (non-hydrogen) atoms. The Labute approximate surface area is 118 Å². The third kappa shape index (κ3) is 2.90. The van der Waals surface area contributed by atoms with Crippen molar-refractivity contribution in [1.29, 1.82) is 0 Å². The first kappa shape index (κ1) is 12.9. The summed E-state index contributed by atoms with van der Waals surface area (Å²) >= 11 is 1.99. The highest BCUT2D eigenvalue weighted by Crippen LogP contribution is 2.30. The minimum atomic E-state index is 0.905. The van der Waals surface area contributed by atoms with E-state index in [-0.39, 0.29) is 0 Å². The molecule has 0 aliphatic heterocycles. The highest BCUT2D eigenvalue weighted by Gasteiger charge is 2.14. The van der Waals surface area contributed by atoms with Gasteiger partial charge in [-0.2, -0.15) is 0 Å².